The van der Waals surface area contributed by atoms with E-state index in [2.05, 4.69) is 9.97 Å². The molecule has 0 radical (unpaired) electrons. The average Bonchev–Trinajstić information content (AvgIpc) is 3.23. The monoisotopic (exact) mass is 476 g/mol. The Morgan fingerprint density at radius 3 is 2.30 bits per heavy atom. The lowest BCUT2D eigenvalue weighted by Crippen LogP contribution is -2.06. The van der Waals surface area contributed by atoms with E-state index in [9.17, 15) is 26.4 Å². The molecule has 10 heteroatoms. The van der Waals surface area contributed by atoms with Crippen LogP contribution < -0.4 is 10.3 Å². The number of hydrogen-bond donors (Lipinski definition) is 2. The van der Waals surface area contributed by atoms with E-state index in [0.29, 0.717) is 22.0 Å². The minimum Gasteiger partial charge on any atom is -0.457 e. The number of sulfone groups is 1. The van der Waals surface area contributed by atoms with Crippen molar-refractivity contribution in [3.63, 3.8) is 0 Å². The van der Waals surface area contributed by atoms with Crippen LogP contribution in [0.2, 0.25) is 0 Å². The van der Waals surface area contributed by atoms with Gasteiger partial charge in [0.2, 0.25) is 0 Å². The molecule has 0 aliphatic heterocycles. The van der Waals surface area contributed by atoms with Crippen molar-refractivity contribution < 1.29 is 26.3 Å². The van der Waals surface area contributed by atoms with Crippen LogP contribution in [0, 0.1) is 6.92 Å². The molecule has 33 heavy (non-hydrogen) atoms. The Labute approximate surface area is 187 Å². The van der Waals surface area contributed by atoms with Crippen molar-refractivity contribution >= 4 is 20.7 Å². The van der Waals surface area contributed by atoms with E-state index < -0.39 is 21.6 Å². The number of benzene rings is 2. The quantitative estimate of drug-likeness (QED) is 0.401. The Kier molecular flexibility index (Phi) is 5.57. The van der Waals surface area contributed by atoms with Crippen molar-refractivity contribution in [2.24, 2.45) is 0 Å². The van der Waals surface area contributed by atoms with E-state index in [1.54, 1.807) is 19.3 Å². The lowest BCUT2D eigenvalue weighted by atomic mass is 10.0. The summed E-state index contributed by atoms with van der Waals surface area (Å²) in [5.74, 6) is 0.258. The first-order chi connectivity index (χ1) is 15.5. The highest BCUT2D eigenvalue weighted by Gasteiger charge is 2.30. The summed E-state index contributed by atoms with van der Waals surface area (Å²) in [4.78, 5) is 17.8. The van der Waals surface area contributed by atoms with Crippen molar-refractivity contribution in [3.05, 3.63) is 76.3 Å². The number of hydrogen-bond acceptors (Lipinski definition) is 4. The van der Waals surface area contributed by atoms with E-state index >= 15 is 0 Å². The largest absolute Gasteiger partial charge is 0.457 e. The fourth-order valence-electron chi connectivity index (χ4n) is 3.55. The standard InChI is InChI=1S/C23H19F3N2O4S/c1-3-33(30,31)16-8-9-19(32-15-6-4-14(5-7-15)23(24,25)26)17(10-16)18-12-27-21-20(18)13(2)11-28-22(21)29/h4-12,27H,3H2,1-2H3,(H,28,29). The summed E-state index contributed by atoms with van der Waals surface area (Å²) in [6.45, 7) is 3.32. The lowest BCUT2D eigenvalue weighted by molar-refractivity contribution is -0.137. The van der Waals surface area contributed by atoms with Crippen molar-refractivity contribution in [1.82, 2.24) is 9.97 Å². The van der Waals surface area contributed by atoms with Gasteiger partial charge in [-0.15, -0.1) is 0 Å². The third-order valence-electron chi connectivity index (χ3n) is 5.31. The van der Waals surface area contributed by atoms with Crippen LogP contribution in [0.4, 0.5) is 13.2 Å². The number of halogens is 3. The number of aryl methyl sites for hydroxylation is 1. The molecule has 0 aliphatic rings. The van der Waals surface area contributed by atoms with Gasteiger partial charge in [0, 0.05) is 28.9 Å². The first-order valence-electron chi connectivity index (χ1n) is 9.93. The van der Waals surface area contributed by atoms with E-state index in [4.69, 9.17) is 4.74 Å². The van der Waals surface area contributed by atoms with Gasteiger partial charge in [0.15, 0.2) is 9.84 Å². The molecule has 0 saturated carbocycles. The van der Waals surface area contributed by atoms with Crippen LogP contribution in [0.1, 0.15) is 18.1 Å². The molecular weight excluding hydrogens is 457 g/mol. The van der Waals surface area contributed by atoms with Gasteiger partial charge in [-0.25, -0.2) is 8.42 Å². The first kappa shape index (κ1) is 22.7. The number of H-pyrrole nitrogens is 2. The lowest BCUT2D eigenvalue weighted by Gasteiger charge is -2.14. The van der Waals surface area contributed by atoms with Crippen LogP contribution >= 0.6 is 0 Å². The van der Waals surface area contributed by atoms with Crippen LogP contribution in [-0.2, 0) is 16.0 Å². The van der Waals surface area contributed by atoms with Gasteiger partial charge < -0.3 is 14.7 Å². The number of aromatic nitrogens is 2. The zero-order valence-electron chi connectivity index (χ0n) is 17.6. The third-order valence-corrected chi connectivity index (χ3v) is 7.04. The highest BCUT2D eigenvalue weighted by Crippen LogP contribution is 2.40. The summed E-state index contributed by atoms with van der Waals surface area (Å²) in [5.41, 5.74) is 0.808. The highest BCUT2D eigenvalue weighted by atomic mass is 32.2. The second kappa shape index (κ2) is 8.11. The van der Waals surface area contributed by atoms with Crippen molar-refractivity contribution in [3.8, 4) is 22.6 Å². The van der Waals surface area contributed by atoms with Gasteiger partial charge in [0.25, 0.3) is 5.56 Å². The van der Waals surface area contributed by atoms with E-state index in [1.807, 2.05) is 0 Å². The Balaban J connectivity index is 1.89. The predicted molar refractivity (Wildman–Crippen MR) is 118 cm³/mol. The molecule has 0 atom stereocenters. The number of fused-ring (bicyclic) bond motifs is 1. The Morgan fingerprint density at radius 2 is 1.67 bits per heavy atom. The fourth-order valence-corrected chi connectivity index (χ4v) is 4.46. The molecule has 0 aliphatic carbocycles. The topological polar surface area (TPSA) is 92.0 Å². The summed E-state index contributed by atoms with van der Waals surface area (Å²) < 4.78 is 69.5. The number of ether oxygens (including phenoxy) is 1. The highest BCUT2D eigenvalue weighted by molar-refractivity contribution is 7.91. The second-order valence-electron chi connectivity index (χ2n) is 7.44. The Hall–Kier alpha value is -3.53. The molecule has 172 valence electrons. The maximum Gasteiger partial charge on any atom is 0.416 e. The van der Waals surface area contributed by atoms with Crippen LogP contribution in [-0.4, -0.2) is 24.1 Å². The van der Waals surface area contributed by atoms with Crippen LogP contribution in [0.5, 0.6) is 11.5 Å². The zero-order valence-corrected chi connectivity index (χ0v) is 18.4. The van der Waals surface area contributed by atoms with E-state index in [0.717, 1.165) is 17.7 Å². The molecule has 0 bridgehead atoms. The number of nitrogens with one attached hydrogen (secondary N) is 2. The van der Waals surface area contributed by atoms with Crippen molar-refractivity contribution in [2.75, 3.05) is 5.75 Å². The van der Waals surface area contributed by atoms with Crippen molar-refractivity contribution in [2.45, 2.75) is 24.9 Å². The average molecular weight is 476 g/mol. The van der Waals surface area contributed by atoms with Gasteiger partial charge in [-0.2, -0.15) is 13.2 Å². The minimum absolute atomic E-state index is 0.0663. The van der Waals surface area contributed by atoms with Gasteiger partial charge in [-0.05, 0) is 55.0 Å². The Morgan fingerprint density at radius 1 is 0.970 bits per heavy atom. The maximum absolute atomic E-state index is 12.9. The van der Waals surface area contributed by atoms with Gasteiger partial charge in [0.1, 0.15) is 17.0 Å². The molecule has 2 N–H and O–H groups in total. The SMILES string of the molecule is CCS(=O)(=O)c1ccc(Oc2ccc(C(F)(F)F)cc2)c(-c2c[nH]c3c(=O)[nH]cc(C)c23)c1. The zero-order chi connectivity index (χ0) is 24.0. The molecule has 4 rings (SSSR count). The maximum atomic E-state index is 12.9. The molecule has 0 saturated heterocycles. The first-order valence-corrected chi connectivity index (χ1v) is 11.6. The smallest absolute Gasteiger partial charge is 0.416 e. The fraction of sp³-hybridized carbons (Fsp3) is 0.174. The molecule has 4 aromatic rings. The van der Waals surface area contributed by atoms with Crippen LogP contribution in [0.25, 0.3) is 22.0 Å². The van der Waals surface area contributed by atoms with Gasteiger partial charge in [-0.1, -0.05) is 6.92 Å². The normalized spacial score (nSPS) is 12.3. The summed E-state index contributed by atoms with van der Waals surface area (Å²) in [5, 5.41) is 0.585. The molecule has 2 heterocycles. The second-order valence-corrected chi connectivity index (χ2v) is 9.72. The van der Waals surface area contributed by atoms with Crippen LogP contribution in [0.15, 0.2) is 64.5 Å². The van der Waals surface area contributed by atoms with E-state index in [1.165, 1.54) is 37.3 Å². The number of rotatable bonds is 5. The third kappa shape index (κ3) is 4.25. The molecule has 0 fully saturated rings. The summed E-state index contributed by atoms with van der Waals surface area (Å²) >= 11 is 0. The summed E-state index contributed by atoms with van der Waals surface area (Å²) in [7, 11) is -3.55. The molecule has 0 unspecified atom stereocenters. The van der Waals surface area contributed by atoms with Gasteiger partial charge in [0.05, 0.1) is 16.2 Å². The summed E-state index contributed by atoms with van der Waals surface area (Å²) in [6.07, 6.45) is -1.36. The van der Waals surface area contributed by atoms with E-state index in [-0.39, 0.29) is 27.7 Å². The summed E-state index contributed by atoms with van der Waals surface area (Å²) in [6, 6.07) is 8.47. The minimum atomic E-state index is -4.48. The predicted octanol–water partition coefficient (Wildman–Crippen LogP) is 5.44. The Bertz CT molecular complexity index is 1500. The number of aromatic amines is 2. The molecule has 2 aromatic heterocycles. The van der Waals surface area contributed by atoms with Gasteiger partial charge in [-0.3, -0.25) is 4.79 Å². The number of alkyl halides is 3. The number of pyridine rings is 1. The molecule has 0 spiro atoms. The van der Waals surface area contributed by atoms with Crippen molar-refractivity contribution in [1.29, 1.82) is 0 Å². The van der Waals surface area contributed by atoms with Crippen LogP contribution in [0.3, 0.4) is 0 Å². The molecule has 0 amide bonds. The molecule has 2 aromatic carbocycles. The van der Waals surface area contributed by atoms with Gasteiger partial charge >= 0.3 is 6.18 Å². The molecular formula is C23H19F3N2O4S. The molecule has 6 nitrogen and oxygen atoms in total.